The van der Waals surface area contributed by atoms with Crippen molar-refractivity contribution in [2.24, 2.45) is 5.16 Å². The van der Waals surface area contributed by atoms with Crippen molar-refractivity contribution in [2.75, 3.05) is 0 Å². The van der Waals surface area contributed by atoms with E-state index in [1.165, 1.54) is 28.7 Å². The first kappa shape index (κ1) is 17.2. The number of hydrogen-bond acceptors (Lipinski definition) is 3. The summed E-state index contributed by atoms with van der Waals surface area (Å²) in [7, 11) is 0. The van der Waals surface area contributed by atoms with Gasteiger partial charge in [-0.15, -0.1) is 0 Å². The Kier molecular flexibility index (Phi) is 5.17. The van der Waals surface area contributed by atoms with E-state index in [9.17, 15) is 4.79 Å². The van der Waals surface area contributed by atoms with Crippen molar-refractivity contribution in [3.63, 3.8) is 0 Å². The van der Waals surface area contributed by atoms with Gasteiger partial charge in [0.05, 0.1) is 5.71 Å². The van der Waals surface area contributed by atoms with Gasteiger partial charge in [-0.25, -0.2) is 4.79 Å². The summed E-state index contributed by atoms with van der Waals surface area (Å²) in [4.78, 5) is 16.1. The second-order valence-corrected chi connectivity index (χ2v) is 6.22. The molecule has 0 aliphatic rings. The molecule has 4 heteroatoms. The van der Waals surface area contributed by atoms with E-state index in [0.717, 1.165) is 37.1 Å². The summed E-state index contributed by atoms with van der Waals surface area (Å²) in [6, 6.07) is 14.8. The molecule has 25 heavy (non-hydrogen) atoms. The van der Waals surface area contributed by atoms with Gasteiger partial charge in [-0.2, -0.15) is 0 Å². The van der Waals surface area contributed by atoms with Gasteiger partial charge in [0, 0.05) is 40.8 Å². The summed E-state index contributed by atoms with van der Waals surface area (Å²) in [5.74, 6) is -0.391. The minimum Gasteiger partial charge on any atom is -0.341 e. The molecule has 0 spiro atoms. The van der Waals surface area contributed by atoms with Crippen LogP contribution in [0.15, 0.2) is 47.6 Å². The SMILES string of the molecule is CCCC/C(=N\OC(C)=O)c1ccc2c(c1)c1ccccc1n2CC. The van der Waals surface area contributed by atoms with Crippen molar-refractivity contribution in [3.05, 3.63) is 48.0 Å². The first-order chi connectivity index (χ1) is 12.2. The van der Waals surface area contributed by atoms with Crippen LogP contribution in [0.4, 0.5) is 0 Å². The molecular formula is C21H24N2O2. The van der Waals surface area contributed by atoms with E-state index in [0.29, 0.717) is 0 Å². The highest BCUT2D eigenvalue weighted by molar-refractivity contribution is 6.11. The highest BCUT2D eigenvalue weighted by Crippen LogP contribution is 2.30. The Morgan fingerprint density at radius 1 is 1.08 bits per heavy atom. The van der Waals surface area contributed by atoms with E-state index in [4.69, 9.17) is 4.84 Å². The molecule has 0 aliphatic heterocycles. The van der Waals surface area contributed by atoms with E-state index in [-0.39, 0.29) is 0 Å². The second-order valence-electron chi connectivity index (χ2n) is 6.22. The zero-order chi connectivity index (χ0) is 17.8. The molecule has 0 amide bonds. The summed E-state index contributed by atoms with van der Waals surface area (Å²) in [6.45, 7) is 6.60. The molecule has 0 saturated carbocycles. The Morgan fingerprint density at radius 2 is 1.84 bits per heavy atom. The molecule has 0 radical (unpaired) electrons. The molecule has 0 unspecified atom stereocenters. The Balaban J connectivity index is 2.14. The maximum Gasteiger partial charge on any atom is 0.331 e. The summed E-state index contributed by atoms with van der Waals surface area (Å²) in [5, 5.41) is 6.55. The van der Waals surface area contributed by atoms with Crippen LogP contribution in [0.25, 0.3) is 21.8 Å². The molecule has 0 saturated heterocycles. The Morgan fingerprint density at radius 3 is 2.56 bits per heavy atom. The number of hydrogen-bond donors (Lipinski definition) is 0. The summed E-state index contributed by atoms with van der Waals surface area (Å²) in [5.41, 5.74) is 4.30. The number of unbranched alkanes of at least 4 members (excludes halogenated alkanes) is 1. The van der Waals surface area contributed by atoms with E-state index in [1.54, 1.807) is 0 Å². The molecule has 0 aliphatic carbocycles. The maximum atomic E-state index is 11.2. The lowest BCUT2D eigenvalue weighted by Crippen LogP contribution is -2.04. The minimum atomic E-state index is -0.391. The fourth-order valence-corrected chi connectivity index (χ4v) is 3.28. The van der Waals surface area contributed by atoms with Gasteiger partial charge in [0.25, 0.3) is 0 Å². The average molecular weight is 336 g/mol. The lowest BCUT2D eigenvalue weighted by molar-refractivity contribution is -0.140. The van der Waals surface area contributed by atoms with Crippen LogP contribution in [0.1, 0.15) is 45.6 Å². The predicted octanol–water partition coefficient (Wildman–Crippen LogP) is 5.27. The standard InChI is InChI=1S/C21H24N2O2/c1-4-6-10-19(22-25-15(3)24)16-12-13-21-18(14-16)17-9-7-8-11-20(17)23(21)5-2/h7-9,11-14H,4-6,10H2,1-3H3/b22-19+. The molecule has 3 aromatic rings. The molecular weight excluding hydrogens is 312 g/mol. The number of nitrogens with zero attached hydrogens (tertiary/aromatic N) is 2. The third-order valence-electron chi connectivity index (χ3n) is 4.47. The van der Waals surface area contributed by atoms with Crippen LogP contribution in [-0.4, -0.2) is 16.2 Å². The Hall–Kier alpha value is -2.62. The zero-order valence-corrected chi connectivity index (χ0v) is 15.1. The number of carbonyl (C=O) groups excluding carboxylic acids is 1. The quantitative estimate of drug-likeness (QED) is 0.349. The number of rotatable bonds is 6. The zero-order valence-electron chi connectivity index (χ0n) is 15.1. The molecule has 0 atom stereocenters. The molecule has 0 bridgehead atoms. The van der Waals surface area contributed by atoms with E-state index >= 15 is 0 Å². The van der Waals surface area contributed by atoms with Crippen LogP contribution in [0.2, 0.25) is 0 Å². The normalized spacial score (nSPS) is 12.0. The number of carbonyl (C=O) groups is 1. The van der Waals surface area contributed by atoms with Crippen LogP contribution in [0.3, 0.4) is 0 Å². The molecule has 1 heterocycles. The van der Waals surface area contributed by atoms with Crippen molar-refractivity contribution < 1.29 is 9.63 Å². The topological polar surface area (TPSA) is 43.6 Å². The van der Waals surface area contributed by atoms with Crippen LogP contribution in [-0.2, 0) is 16.2 Å². The van der Waals surface area contributed by atoms with Gasteiger partial charge in [0.15, 0.2) is 0 Å². The van der Waals surface area contributed by atoms with Crippen molar-refractivity contribution in [1.29, 1.82) is 0 Å². The van der Waals surface area contributed by atoms with Gasteiger partial charge >= 0.3 is 5.97 Å². The van der Waals surface area contributed by atoms with E-state index in [2.05, 4.69) is 66.0 Å². The third kappa shape index (κ3) is 3.43. The second kappa shape index (κ2) is 7.51. The molecule has 130 valence electrons. The molecule has 0 fully saturated rings. The van der Waals surface area contributed by atoms with Gasteiger partial charge in [-0.3, -0.25) is 0 Å². The van der Waals surface area contributed by atoms with Crippen LogP contribution < -0.4 is 0 Å². The Bertz CT molecular complexity index is 938. The number of aryl methyl sites for hydroxylation is 1. The maximum absolute atomic E-state index is 11.2. The van der Waals surface area contributed by atoms with Crippen LogP contribution in [0, 0.1) is 0 Å². The van der Waals surface area contributed by atoms with Crippen LogP contribution in [0.5, 0.6) is 0 Å². The van der Waals surface area contributed by atoms with Gasteiger partial charge in [0.1, 0.15) is 0 Å². The van der Waals surface area contributed by atoms with Gasteiger partial charge in [0.2, 0.25) is 0 Å². The molecule has 2 aromatic carbocycles. The largest absolute Gasteiger partial charge is 0.341 e. The lowest BCUT2D eigenvalue weighted by Gasteiger charge is -2.07. The fraction of sp³-hybridized carbons (Fsp3) is 0.333. The fourth-order valence-electron chi connectivity index (χ4n) is 3.28. The summed E-state index contributed by atoms with van der Waals surface area (Å²) >= 11 is 0. The summed E-state index contributed by atoms with van der Waals surface area (Å²) in [6.07, 6.45) is 2.87. The lowest BCUT2D eigenvalue weighted by atomic mass is 10.0. The van der Waals surface area contributed by atoms with Crippen molar-refractivity contribution >= 4 is 33.5 Å². The number of fused-ring (bicyclic) bond motifs is 3. The molecule has 4 nitrogen and oxygen atoms in total. The molecule has 3 rings (SSSR count). The predicted molar refractivity (Wildman–Crippen MR) is 103 cm³/mol. The highest BCUT2D eigenvalue weighted by atomic mass is 16.7. The third-order valence-corrected chi connectivity index (χ3v) is 4.47. The first-order valence-corrected chi connectivity index (χ1v) is 8.91. The highest BCUT2D eigenvalue weighted by Gasteiger charge is 2.12. The van der Waals surface area contributed by atoms with Crippen molar-refractivity contribution in [1.82, 2.24) is 4.57 Å². The smallest absolute Gasteiger partial charge is 0.331 e. The van der Waals surface area contributed by atoms with Crippen molar-refractivity contribution in [3.8, 4) is 0 Å². The van der Waals surface area contributed by atoms with E-state index < -0.39 is 5.97 Å². The number of para-hydroxylation sites is 1. The number of benzene rings is 2. The van der Waals surface area contributed by atoms with Crippen molar-refractivity contribution in [2.45, 2.75) is 46.6 Å². The molecule has 0 N–H and O–H groups in total. The Labute approximate surface area is 148 Å². The van der Waals surface area contributed by atoms with Gasteiger partial charge in [-0.1, -0.05) is 42.8 Å². The van der Waals surface area contributed by atoms with Gasteiger partial charge in [-0.05, 0) is 38.0 Å². The number of oxime groups is 1. The summed E-state index contributed by atoms with van der Waals surface area (Å²) < 4.78 is 2.32. The monoisotopic (exact) mass is 336 g/mol. The van der Waals surface area contributed by atoms with Crippen LogP contribution >= 0.6 is 0 Å². The van der Waals surface area contributed by atoms with E-state index in [1.807, 2.05) is 0 Å². The number of aromatic nitrogens is 1. The first-order valence-electron chi connectivity index (χ1n) is 8.91. The molecule has 1 aromatic heterocycles. The average Bonchev–Trinajstić information content (AvgIpc) is 2.94. The minimum absolute atomic E-state index is 0.391. The van der Waals surface area contributed by atoms with Gasteiger partial charge < -0.3 is 9.40 Å².